The maximum Gasteiger partial charge on any atom is 0.230 e. The molecule has 1 aromatic carbocycles. The molecule has 0 saturated heterocycles. The van der Waals surface area contributed by atoms with Crippen LogP contribution in [0.15, 0.2) is 12.1 Å². The molecule has 1 N–H and O–H groups in total. The van der Waals surface area contributed by atoms with E-state index in [1.54, 1.807) is 0 Å². The molecule has 0 aromatic heterocycles. The number of amides is 1. The second-order valence-electron chi connectivity index (χ2n) is 4.57. The minimum absolute atomic E-state index is 0.0254. The Hall–Kier alpha value is -1.03. The zero-order valence-electron chi connectivity index (χ0n) is 11.3. The molecule has 0 aliphatic carbocycles. The molecule has 4 heteroatoms. The summed E-state index contributed by atoms with van der Waals surface area (Å²) in [4.78, 5) is 11.1. The first-order valence-electron chi connectivity index (χ1n) is 6.01. The Morgan fingerprint density at radius 3 is 2.67 bits per heavy atom. The van der Waals surface area contributed by atoms with E-state index < -0.39 is 0 Å². The minimum atomic E-state index is -0.0482. The SMILES string of the molecule is Cc1cc(C)c(C)c(OC(C)CNC(=O)CBr)c1. The van der Waals surface area contributed by atoms with Gasteiger partial charge in [-0.3, -0.25) is 4.79 Å². The van der Waals surface area contributed by atoms with Crippen LogP contribution in [-0.4, -0.2) is 23.9 Å². The van der Waals surface area contributed by atoms with Crippen molar-refractivity contribution in [2.75, 3.05) is 11.9 Å². The van der Waals surface area contributed by atoms with Gasteiger partial charge in [-0.15, -0.1) is 0 Å². The molecule has 0 saturated carbocycles. The lowest BCUT2D eigenvalue weighted by Crippen LogP contribution is -2.34. The average Bonchev–Trinajstić information content (AvgIpc) is 2.32. The number of nitrogens with one attached hydrogen (secondary N) is 1. The molecule has 1 atom stereocenters. The van der Waals surface area contributed by atoms with Gasteiger partial charge in [0.2, 0.25) is 5.91 Å². The standard InChI is InChI=1S/C14H20BrNO2/c1-9-5-10(2)12(4)13(6-9)18-11(3)8-16-14(17)7-15/h5-6,11H,7-8H2,1-4H3,(H,16,17). The van der Waals surface area contributed by atoms with Crippen LogP contribution in [0.3, 0.4) is 0 Å². The number of hydrogen-bond donors (Lipinski definition) is 1. The highest BCUT2D eigenvalue weighted by atomic mass is 79.9. The van der Waals surface area contributed by atoms with Crippen molar-refractivity contribution in [1.82, 2.24) is 5.32 Å². The Balaban J connectivity index is 2.64. The number of alkyl halides is 1. The van der Waals surface area contributed by atoms with Crippen LogP contribution < -0.4 is 10.1 Å². The molecule has 0 bridgehead atoms. The number of carbonyl (C=O) groups excluding carboxylic acids is 1. The van der Waals surface area contributed by atoms with Crippen molar-refractivity contribution in [3.05, 3.63) is 28.8 Å². The summed E-state index contributed by atoms with van der Waals surface area (Å²) in [6, 6.07) is 4.17. The van der Waals surface area contributed by atoms with Gasteiger partial charge in [0.05, 0.1) is 11.9 Å². The highest BCUT2D eigenvalue weighted by molar-refractivity contribution is 9.09. The lowest BCUT2D eigenvalue weighted by molar-refractivity contribution is -0.118. The molecule has 100 valence electrons. The predicted octanol–water partition coefficient (Wildman–Crippen LogP) is 2.89. The van der Waals surface area contributed by atoms with Gasteiger partial charge in [0.25, 0.3) is 0 Å². The van der Waals surface area contributed by atoms with Crippen LogP contribution in [0.2, 0.25) is 0 Å². The van der Waals surface area contributed by atoms with Crippen LogP contribution in [-0.2, 0) is 4.79 Å². The molecule has 0 heterocycles. The van der Waals surface area contributed by atoms with Gasteiger partial charge >= 0.3 is 0 Å². The number of halogens is 1. The molecule has 3 nitrogen and oxygen atoms in total. The zero-order chi connectivity index (χ0) is 13.7. The van der Waals surface area contributed by atoms with E-state index in [2.05, 4.69) is 41.2 Å². The second kappa shape index (κ2) is 6.78. The summed E-state index contributed by atoms with van der Waals surface area (Å²) in [6.45, 7) is 8.64. The average molecular weight is 314 g/mol. The third-order valence-corrected chi connectivity index (χ3v) is 3.31. The largest absolute Gasteiger partial charge is 0.489 e. The Labute approximate surface area is 117 Å². The van der Waals surface area contributed by atoms with Gasteiger partial charge in [-0.05, 0) is 50.5 Å². The van der Waals surface area contributed by atoms with Crippen LogP contribution in [0, 0.1) is 20.8 Å². The molecule has 0 aliphatic rings. The first kappa shape index (κ1) is 15.0. The summed E-state index contributed by atoms with van der Waals surface area (Å²) in [5.41, 5.74) is 3.56. The van der Waals surface area contributed by atoms with Crippen molar-refractivity contribution >= 4 is 21.8 Å². The normalized spacial score (nSPS) is 12.1. The number of ether oxygens (including phenoxy) is 1. The number of hydrogen-bond acceptors (Lipinski definition) is 2. The van der Waals surface area contributed by atoms with Gasteiger partial charge < -0.3 is 10.1 Å². The Morgan fingerprint density at radius 2 is 2.06 bits per heavy atom. The minimum Gasteiger partial charge on any atom is -0.489 e. The lowest BCUT2D eigenvalue weighted by Gasteiger charge is -2.18. The summed E-state index contributed by atoms with van der Waals surface area (Å²) in [5.74, 6) is 0.871. The zero-order valence-corrected chi connectivity index (χ0v) is 12.9. The molecule has 0 radical (unpaired) electrons. The Bertz CT molecular complexity index is 432. The molecule has 1 rings (SSSR count). The van der Waals surface area contributed by atoms with Crippen molar-refractivity contribution in [3.63, 3.8) is 0 Å². The van der Waals surface area contributed by atoms with Crippen LogP contribution in [0.5, 0.6) is 5.75 Å². The third-order valence-electron chi connectivity index (χ3n) is 2.80. The smallest absolute Gasteiger partial charge is 0.230 e. The summed E-state index contributed by atoms with van der Waals surface area (Å²) < 4.78 is 5.87. The van der Waals surface area contributed by atoms with Crippen LogP contribution in [0.1, 0.15) is 23.6 Å². The van der Waals surface area contributed by atoms with Crippen molar-refractivity contribution in [2.24, 2.45) is 0 Å². The van der Waals surface area contributed by atoms with Crippen LogP contribution in [0.4, 0.5) is 0 Å². The summed E-state index contributed by atoms with van der Waals surface area (Å²) in [7, 11) is 0. The summed E-state index contributed by atoms with van der Waals surface area (Å²) >= 11 is 3.11. The Morgan fingerprint density at radius 1 is 1.39 bits per heavy atom. The predicted molar refractivity (Wildman–Crippen MR) is 77.5 cm³/mol. The van der Waals surface area contributed by atoms with Crippen molar-refractivity contribution < 1.29 is 9.53 Å². The van der Waals surface area contributed by atoms with Gasteiger partial charge in [0, 0.05) is 0 Å². The van der Waals surface area contributed by atoms with E-state index in [0.717, 1.165) is 11.3 Å². The van der Waals surface area contributed by atoms with Gasteiger partial charge in [0.1, 0.15) is 11.9 Å². The van der Waals surface area contributed by atoms with E-state index in [-0.39, 0.29) is 12.0 Å². The fourth-order valence-electron chi connectivity index (χ4n) is 1.69. The highest BCUT2D eigenvalue weighted by Crippen LogP contribution is 2.24. The van der Waals surface area contributed by atoms with Gasteiger partial charge in [-0.2, -0.15) is 0 Å². The summed E-state index contributed by atoms with van der Waals surface area (Å²) in [6.07, 6.45) is -0.0482. The van der Waals surface area contributed by atoms with Crippen molar-refractivity contribution in [3.8, 4) is 5.75 Å². The fraction of sp³-hybridized carbons (Fsp3) is 0.500. The van der Waals surface area contributed by atoms with Crippen molar-refractivity contribution in [1.29, 1.82) is 0 Å². The maximum atomic E-state index is 11.1. The summed E-state index contributed by atoms with van der Waals surface area (Å²) in [5, 5.41) is 3.11. The fourth-order valence-corrected chi connectivity index (χ4v) is 1.88. The number of carbonyl (C=O) groups is 1. The molecule has 1 aromatic rings. The quantitative estimate of drug-likeness (QED) is 0.849. The van der Waals surface area contributed by atoms with E-state index in [0.29, 0.717) is 11.9 Å². The topological polar surface area (TPSA) is 38.3 Å². The molecular weight excluding hydrogens is 294 g/mol. The van der Waals surface area contributed by atoms with Crippen LogP contribution >= 0.6 is 15.9 Å². The molecule has 0 fully saturated rings. The second-order valence-corrected chi connectivity index (χ2v) is 5.13. The first-order valence-corrected chi connectivity index (χ1v) is 7.13. The monoisotopic (exact) mass is 313 g/mol. The lowest BCUT2D eigenvalue weighted by atomic mass is 10.1. The molecule has 1 amide bonds. The number of benzene rings is 1. The number of rotatable bonds is 5. The van der Waals surface area contributed by atoms with Gasteiger partial charge in [-0.25, -0.2) is 0 Å². The van der Waals surface area contributed by atoms with Crippen LogP contribution in [0.25, 0.3) is 0 Å². The van der Waals surface area contributed by atoms with E-state index in [4.69, 9.17) is 4.74 Å². The van der Waals surface area contributed by atoms with Gasteiger partial charge in [0.15, 0.2) is 0 Å². The number of aryl methyl sites for hydroxylation is 2. The van der Waals surface area contributed by atoms with E-state index >= 15 is 0 Å². The molecular formula is C14H20BrNO2. The van der Waals surface area contributed by atoms with Crippen molar-refractivity contribution in [2.45, 2.75) is 33.8 Å². The maximum absolute atomic E-state index is 11.1. The van der Waals surface area contributed by atoms with E-state index in [1.165, 1.54) is 11.1 Å². The molecule has 0 spiro atoms. The molecule has 1 unspecified atom stereocenters. The third kappa shape index (κ3) is 4.33. The Kier molecular flexibility index (Phi) is 5.66. The van der Waals surface area contributed by atoms with Gasteiger partial charge in [-0.1, -0.05) is 22.0 Å². The molecule has 18 heavy (non-hydrogen) atoms. The van der Waals surface area contributed by atoms with E-state index in [1.807, 2.05) is 19.9 Å². The first-order chi connectivity index (χ1) is 8.43. The highest BCUT2D eigenvalue weighted by Gasteiger charge is 2.09. The molecule has 0 aliphatic heterocycles. The van der Waals surface area contributed by atoms with E-state index in [9.17, 15) is 4.79 Å².